The van der Waals surface area contributed by atoms with E-state index in [1.54, 1.807) is 0 Å². The number of rotatable bonds is 3. The van der Waals surface area contributed by atoms with Gasteiger partial charge in [-0.05, 0) is 44.4 Å². The molecule has 4 rings (SSSR count). The Morgan fingerprint density at radius 1 is 0.682 bits per heavy atom. The van der Waals surface area contributed by atoms with Gasteiger partial charge in [0.15, 0.2) is 0 Å². The van der Waals surface area contributed by atoms with Crippen molar-refractivity contribution in [3.63, 3.8) is 0 Å². The molecule has 3 heteroatoms. The molecular weight excluding hydrogens is 270 g/mol. The lowest BCUT2D eigenvalue weighted by Gasteiger charge is -2.47. The summed E-state index contributed by atoms with van der Waals surface area (Å²) in [6, 6.07) is 12.6. The Kier molecular flexibility index (Phi) is 4.35. The minimum atomic E-state index is 0.812. The molecule has 3 fully saturated rings. The maximum atomic E-state index is 2.79. The van der Waals surface area contributed by atoms with Crippen molar-refractivity contribution in [3.05, 3.63) is 30.3 Å². The first kappa shape index (κ1) is 14.5. The van der Waals surface area contributed by atoms with E-state index in [2.05, 4.69) is 45.0 Å². The van der Waals surface area contributed by atoms with Crippen LogP contribution in [0.1, 0.15) is 32.1 Å². The van der Waals surface area contributed by atoms with E-state index in [9.17, 15) is 0 Å². The second-order valence-corrected chi connectivity index (χ2v) is 7.23. The van der Waals surface area contributed by atoms with Gasteiger partial charge in [0.05, 0.1) is 0 Å². The first-order chi connectivity index (χ1) is 10.9. The molecule has 0 N–H and O–H groups in total. The van der Waals surface area contributed by atoms with Crippen LogP contribution in [0.15, 0.2) is 30.3 Å². The highest BCUT2D eigenvalue weighted by molar-refractivity contribution is 5.46. The quantitative estimate of drug-likeness (QED) is 0.850. The molecule has 0 unspecified atom stereocenters. The van der Waals surface area contributed by atoms with Gasteiger partial charge in [-0.25, -0.2) is 0 Å². The highest BCUT2D eigenvalue weighted by Crippen LogP contribution is 2.29. The smallest absolute Gasteiger partial charge is 0.0367 e. The summed E-state index contributed by atoms with van der Waals surface area (Å²) in [6.45, 7) is 7.52. The maximum Gasteiger partial charge on any atom is 0.0367 e. The molecule has 120 valence electrons. The molecule has 1 aromatic carbocycles. The fraction of sp³-hybridized carbons (Fsp3) is 0.684. The molecule has 0 bridgehead atoms. The summed E-state index contributed by atoms with van der Waals surface area (Å²) in [5.41, 5.74) is 1.39. The maximum absolute atomic E-state index is 2.79. The van der Waals surface area contributed by atoms with Crippen molar-refractivity contribution < 1.29 is 0 Å². The fourth-order valence-corrected chi connectivity index (χ4v) is 4.35. The van der Waals surface area contributed by atoms with Gasteiger partial charge in [-0.3, -0.25) is 9.80 Å². The minimum absolute atomic E-state index is 0.812. The molecule has 1 saturated carbocycles. The van der Waals surface area contributed by atoms with Gasteiger partial charge < -0.3 is 4.90 Å². The van der Waals surface area contributed by atoms with Crippen molar-refractivity contribution in [1.82, 2.24) is 9.80 Å². The molecule has 2 saturated heterocycles. The molecule has 1 aliphatic carbocycles. The molecule has 1 atom stereocenters. The zero-order chi connectivity index (χ0) is 14.8. The summed E-state index contributed by atoms with van der Waals surface area (Å²) in [5, 5.41) is 0. The molecular formula is C19H29N3. The number of likely N-dealkylation sites (tertiary alicyclic amines) is 1. The SMILES string of the molecule is c1ccc(N2CCN([C@@H]3CCCN(C4CCC4)C3)CC2)cc1. The Bertz CT molecular complexity index is 463. The predicted molar refractivity (Wildman–Crippen MR) is 92.5 cm³/mol. The van der Waals surface area contributed by atoms with Gasteiger partial charge >= 0.3 is 0 Å². The Balaban J connectivity index is 1.31. The Hall–Kier alpha value is -1.06. The van der Waals surface area contributed by atoms with Gasteiger partial charge in [0.2, 0.25) is 0 Å². The van der Waals surface area contributed by atoms with Gasteiger partial charge in [0.1, 0.15) is 0 Å². The van der Waals surface area contributed by atoms with Crippen molar-refractivity contribution in [2.75, 3.05) is 44.2 Å². The monoisotopic (exact) mass is 299 g/mol. The van der Waals surface area contributed by atoms with Gasteiger partial charge in [0.25, 0.3) is 0 Å². The van der Waals surface area contributed by atoms with Gasteiger partial charge in [-0.15, -0.1) is 0 Å². The third-order valence-corrected chi connectivity index (χ3v) is 5.97. The number of hydrogen-bond acceptors (Lipinski definition) is 3. The molecule has 3 aliphatic rings. The van der Waals surface area contributed by atoms with E-state index in [4.69, 9.17) is 0 Å². The number of piperazine rings is 1. The van der Waals surface area contributed by atoms with Crippen LogP contribution in [0.3, 0.4) is 0 Å². The second-order valence-electron chi connectivity index (χ2n) is 7.23. The number of anilines is 1. The lowest BCUT2D eigenvalue weighted by Crippen LogP contribution is -2.57. The molecule has 0 radical (unpaired) electrons. The molecule has 22 heavy (non-hydrogen) atoms. The van der Waals surface area contributed by atoms with Crippen LogP contribution < -0.4 is 4.90 Å². The van der Waals surface area contributed by atoms with E-state index in [1.807, 2.05) is 0 Å². The normalized spacial score (nSPS) is 28.5. The van der Waals surface area contributed by atoms with E-state index in [-0.39, 0.29) is 0 Å². The average Bonchev–Trinajstić information content (AvgIpc) is 2.55. The van der Waals surface area contributed by atoms with Crippen LogP contribution in [0, 0.1) is 0 Å². The Labute approximate surface area is 134 Å². The van der Waals surface area contributed by atoms with E-state index in [1.165, 1.54) is 77.1 Å². The number of para-hydroxylation sites is 1. The number of nitrogens with zero attached hydrogens (tertiary/aromatic N) is 3. The van der Waals surface area contributed by atoms with Gasteiger partial charge in [0, 0.05) is 50.5 Å². The summed E-state index contributed by atoms with van der Waals surface area (Å²) in [7, 11) is 0. The largest absolute Gasteiger partial charge is 0.369 e. The summed E-state index contributed by atoms with van der Waals surface area (Å²) >= 11 is 0. The lowest BCUT2D eigenvalue weighted by atomic mass is 9.89. The molecule has 0 amide bonds. The number of benzene rings is 1. The van der Waals surface area contributed by atoms with Crippen molar-refractivity contribution in [1.29, 1.82) is 0 Å². The zero-order valence-corrected chi connectivity index (χ0v) is 13.7. The highest BCUT2D eigenvalue weighted by atomic mass is 15.3. The molecule has 1 aromatic rings. The van der Waals surface area contributed by atoms with Crippen molar-refractivity contribution in [2.24, 2.45) is 0 Å². The van der Waals surface area contributed by atoms with E-state index >= 15 is 0 Å². The second kappa shape index (κ2) is 6.59. The summed E-state index contributed by atoms with van der Waals surface area (Å²) in [5.74, 6) is 0. The molecule has 0 aromatic heterocycles. The third kappa shape index (κ3) is 3.02. The van der Waals surface area contributed by atoms with Crippen LogP contribution >= 0.6 is 0 Å². The molecule has 2 heterocycles. The Morgan fingerprint density at radius 3 is 2.09 bits per heavy atom. The third-order valence-electron chi connectivity index (χ3n) is 5.97. The lowest BCUT2D eigenvalue weighted by molar-refractivity contribution is 0.0419. The molecule has 3 nitrogen and oxygen atoms in total. The predicted octanol–water partition coefficient (Wildman–Crippen LogP) is 2.83. The summed E-state index contributed by atoms with van der Waals surface area (Å²) in [6.07, 6.45) is 7.18. The van der Waals surface area contributed by atoms with Gasteiger partial charge in [-0.2, -0.15) is 0 Å². The Morgan fingerprint density at radius 2 is 1.41 bits per heavy atom. The number of piperidine rings is 1. The fourth-order valence-electron chi connectivity index (χ4n) is 4.35. The standard InChI is InChI=1S/C19H29N3/c1-2-6-17(7-3-1)20-12-14-21(15-13-20)19-10-5-11-22(16-19)18-8-4-9-18/h1-3,6-7,18-19H,4-5,8-16H2/t19-/m1/s1. The van der Waals surface area contributed by atoms with Crippen LogP contribution in [-0.2, 0) is 0 Å². The van der Waals surface area contributed by atoms with Crippen molar-refractivity contribution >= 4 is 5.69 Å². The van der Waals surface area contributed by atoms with E-state index in [0.717, 1.165) is 12.1 Å². The van der Waals surface area contributed by atoms with Crippen LogP contribution in [-0.4, -0.2) is 61.2 Å². The van der Waals surface area contributed by atoms with Crippen molar-refractivity contribution in [2.45, 2.75) is 44.2 Å². The van der Waals surface area contributed by atoms with Crippen LogP contribution in [0.2, 0.25) is 0 Å². The van der Waals surface area contributed by atoms with E-state index < -0.39 is 0 Å². The van der Waals surface area contributed by atoms with Gasteiger partial charge in [-0.1, -0.05) is 24.6 Å². The number of hydrogen-bond donors (Lipinski definition) is 0. The van der Waals surface area contributed by atoms with E-state index in [0.29, 0.717) is 0 Å². The summed E-state index contributed by atoms with van der Waals surface area (Å²) < 4.78 is 0. The first-order valence-electron chi connectivity index (χ1n) is 9.18. The first-order valence-corrected chi connectivity index (χ1v) is 9.18. The van der Waals surface area contributed by atoms with Crippen LogP contribution in [0.4, 0.5) is 5.69 Å². The zero-order valence-electron chi connectivity index (χ0n) is 13.7. The summed E-state index contributed by atoms with van der Waals surface area (Å²) in [4.78, 5) is 8.11. The van der Waals surface area contributed by atoms with Crippen LogP contribution in [0.25, 0.3) is 0 Å². The highest BCUT2D eigenvalue weighted by Gasteiger charge is 2.32. The van der Waals surface area contributed by atoms with Crippen LogP contribution in [0.5, 0.6) is 0 Å². The molecule has 2 aliphatic heterocycles. The average molecular weight is 299 g/mol. The topological polar surface area (TPSA) is 9.72 Å². The molecule has 0 spiro atoms. The minimum Gasteiger partial charge on any atom is -0.369 e. The van der Waals surface area contributed by atoms with Crippen molar-refractivity contribution in [3.8, 4) is 0 Å².